The van der Waals surface area contributed by atoms with Crippen LogP contribution < -0.4 is 10.7 Å². The second-order valence-corrected chi connectivity index (χ2v) is 5.21. The van der Waals surface area contributed by atoms with Crippen molar-refractivity contribution in [2.24, 2.45) is 0 Å². The summed E-state index contributed by atoms with van der Waals surface area (Å²) < 4.78 is 15.5. The maximum absolute atomic E-state index is 14.0. The van der Waals surface area contributed by atoms with E-state index in [0.717, 1.165) is 5.56 Å². The van der Waals surface area contributed by atoms with Crippen LogP contribution in [0.2, 0.25) is 0 Å². The fourth-order valence-electron chi connectivity index (χ4n) is 2.47. The lowest BCUT2D eigenvalue weighted by molar-refractivity contribution is -0.121. The molecule has 0 aliphatic rings. The molecule has 0 aliphatic carbocycles. The first-order valence-electron chi connectivity index (χ1n) is 7.23. The molecular formula is C18H15FN2O2. The number of nitrogens with one attached hydrogen (secondary N) is 1. The van der Waals surface area contributed by atoms with E-state index in [1.54, 1.807) is 6.07 Å². The van der Waals surface area contributed by atoms with Crippen LogP contribution in [-0.2, 0) is 17.9 Å². The molecule has 1 aromatic heterocycles. The predicted molar refractivity (Wildman–Crippen MR) is 86.5 cm³/mol. The molecule has 0 atom stereocenters. The Kier molecular flexibility index (Phi) is 4.19. The molecule has 0 radical (unpaired) electrons. The van der Waals surface area contributed by atoms with E-state index in [1.807, 2.05) is 30.3 Å². The number of pyridine rings is 1. The third-order valence-electron chi connectivity index (χ3n) is 3.59. The molecule has 0 aliphatic heterocycles. The van der Waals surface area contributed by atoms with Gasteiger partial charge in [0, 0.05) is 24.2 Å². The van der Waals surface area contributed by atoms with Crippen LogP contribution in [0.5, 0.6) is 0 Å². The van der Waals surface area contributed by atoms with Crippen LogP contribution >= 0.6 is 0 Å². The number of rotatable bonds is 4. The van der Waals surface area contributed by atoms with E-state index < -0.39 is 5.82 Å². The van der Waals surface area contributed by atoms with Gasteiger partial charge in [-0.1, -0.05) is 36.4 Å². The predicted octanol–water partition coefficient (Wildman–Crippen LogP) is 2.46. The van der Waals surface area contributed by atoms with Crippen molar-refractivity contribution in [1.29, 1.82) is 0 Å². The second-order valence-electron chi connectivity index (χ2n) is 5.21. The standard InChI is InChI=1S/C18H15FN2O2/c19-15-8-4-7-14-16(22)9-10-21(18(14)15)12-17(23)20-11-13-5-2-1-3-6-13/h1-10H,11-12H2,(H,20,23). The van der Waals surface area contributed by atoms with Gasteiger partial charge in [-0.15, -0.1) is 0 Å². The number of hydrogen-bond acceptors (Lipinski definition) is 2. The summed E-state index contributed by atoms with van der Waals surface area (Å²) >= 11 is 0. The van der Waals surface area contributed by atoms with Gasteiger partial charge in [0.25, 0.3) is 0 Å². The van der Waals surface area contributed by atoms with Crippen LogP contribution in [-0.4, -0.2) is 10.5 Å². The van der Waals surface area contributed by atoms with Gasteiger partial charge in [-0.05, 0) is 17.7 Å². The van der Waals surface area contributed by atoms with Crippen LogP contribution in [0.3, 0.4) is 0 Å². The van der Waals surface area contributed by atoms with Gasteiger partial charge < -0.3 is 9.88 Å². The summed E-state index contributed by atoms with van der Waals surface area (Å²) in [5, 5.41) is 3.05. The van der Waals surface area contributed by atoms with Crippen LogP contribution in [0.25, 0.3) is 10.9 Å². The number of fused-ring (bicyclic) bond motifs is 1. The highest BCUT2D eigenvalue weighted by atomic mass is 19.1. The number of para-hydroxylation sites is 1. The lowest BCUT2D eigenvalue weighted by atomic mass is 10.2. The van der Waals surface area contributed by atoms with Gasteiger partial charge in [0.15, 0.2) is 5.43 Å². The first-order valence-corrected chi connectivity index (χ1v) is 7.23. The maximum atomic E-state index is 14.0. The highest BCUT2D eigenvalue weighted by Crippen LogP contribution is 2.14. The minimum absolute atomic E-state index is 0.0510. The zero-order chi connectivity index (χ0) is 16.2. The summed E-state index contributed by atoms with van der Waals surface area (Å²) in [6.07, 6.45) is 1.44. The number of carbonyl (C=O) groups excluding carboxylic acids is 1. The number of halogens is 1. The number of amides is 1. The van der Waals surface area contributed by atoms with Crippen molar-refractivity contribution in [2.75, 3.05) is 0 Å². The Morgan fingerprint density at radius 3 is 2.61 bits per heavy atom. The SMILES string of the molecule is O=C(Cn1ccc(=O)c2cccc(F)c21)NCc1ccccc1. The average Bonchev–Trinajstić information content (AvgIpc) is 2.57. The topological polar surface area (TPSA) is 51.1 Å². The summed E-state index contributed by atoms with van der Waals surface area (Å²) in [4.78, 5) is 23.9. The molecule has 23 heavy (non-hydrogen) atoms. The summed E-state index contributed by atoms with van der Waals surface area (Å²) in [6, 6.07) is 15.2. The number of aromatic nitrogens is 1. The first kappa shape index (κ1) is 15.0. The van der Waals surface area contributed by atoms with Crippen molar-refractivity contribution >= 4 is 16.8 Å². The average molecular weight is 310 g/mol. The van der Waals surface area contributed by atoms with Crippen molar-refractivity contribution in [3.63, 3.8) is 0 Å². The molecular weight excluding hydrogens is 295 g/mol. The molecule has 3 rings (SSSR count). The van der Waals surface area contributed by atoms with Crippen molar-refractivity contribution in [3.05, 3.63) is 82.4 Å². The highest BCUT2D eigenvalue weighted by molar-refractivity contribution is 5.82. The Bertz CT molecular complexity index is 904. The van der Waals surface area contributed by atoms with Gasteiger partial charge in [0.2, 0.25) is 5.91 Å². The summed E-state index contributed by atoms with van der Waals surface area (Å²) in [7, 11) is 0. The normalized spacial score (nSPS) is 10.7. The minimum Gasteiger partial charge on any atom is -0.350 e. The molecule has 1 N–H and O–H groups in total. The maximum Gasteiger partial charge on any atom is 0.240 e. The minimum atomic E-state index is -0.518. The quantitative estimate of drug-likeness (QED) is 0.805. The van der Waals surface area contributed by atoms with Crippen molar-refractivity contribution in [1.82, 2.24) is 9.88 Å². The van der Waals surface area contributed by atoms with Gasteiger partial charge in [-0.3, -0.25) is 9.59 Å². The highest BCUT2D eigenvalue weighted by Gasteiger charge is 2.10. The summed E-state index contributed by atoms with van der Waals surface area (Å²) in [5.41, 5.74) is 0.868. The van der Waals surface area contributed by atoms with Crippen LogP contribution in [0.4, 0.5) is 4.39 Å². The molecule has 2 aromatic carbocycles. The fraction of sp³-hybridized carbons (Fsp3) is 0.111. The first-order chi connectivity index (χ1) is 11.1. The Balaban J connectivity index is 1.80. The molecule has 116 valence electrons. The summed E-state index contributed by atoms with van der Waals surface area (Å²) in [5.74, 6) is -0.766. The molecule has 1 amide bonds. The third kappa shape index (κ3) is 3.29. The third-order valence-corrected chi connectivity index (χ3v) is 3.59. The van der Waals surface area contributed by atoms with Gasteiger partial charge in [0.05, 0.1) is 5.52 Å². The Morgan fingerprint density at radius 1 is 1.04 bits per heavy atom. The van der Waals surface area contributed by atoms with E-state index in [9.17, 15) is 14.0 Å². The number of nitrogens with zero attached hydrogens (tertiary/aromatic N) is 1. The zero-order valence-corrected chi connectivity index (χ0v) is 12.3. The van der Waals surface area contributed by atoms with Gasteiger partial charge in [-0.2, -0.15) is 0 Å². The molecule has 0 fully saturated rings. The van der Waals surface area contributed by atoms with E-state index in [0.29, 0.717) is 6.54 Å². The largest absolute Gasteiger partial charge is 0.350 e. The van der Waals surface area contributed by atoms with Crippen molar-refractivity contribution in [2.45, 2.75) is 13.1 Å². The number of hydrogen-bond donors (Lipinski definition) is 1. The fourth-order valence-corrected chi connectivity index (χ4v) is 2.47. The van der Waals surface area contributed by atoms with Crippen molar-refractivity contribution < 1.29 is 9.18 Å². The van der Waals surface area contributed by atoms with Crippen LogP contribution in [0, 0.1) is 5.82 Å². The van der Waals surface area contributed by atoms with Gasteiger partial charge >= 0.3 is 0 Å². The van der Waals surface area contributed by atoms with Crippen LogP contribution in [0.1, 0.15) is 5.56 Å². The smallest absolute Gasteiger partial charge is 0.240 e. The van der Waals surface area contributed by atoms with Crippen molar-refractivity contribution in [3.8, 4) is 0 Å². The Labute approximate surface area is 132 Å². The lowest BCUT2D eigenvalue weighted by Crippen LogP contribution is -2.27. The van der Waals surface area contributed by atoms with Crippen LogP contribution in [0.15, 0.2) is 65.6 Å². The number of carbonyl (C=O) groups is 1. The Morgan fingerprint density at radius 2 is 1.83 bits per heavy atom. The van der Waals surface area contributed by atoms with E-state index in [-0.39, 0.29) is 28.8 Å². The number of benzene rings is 2. The summed E-state index contributed by atoms with van der Waals surface area (Å²) in [6.45, 7) is 0.352. The second kappa shape index (κ2) is 6.44. The van der Waals surface area contributed by atoms with E-state index in [2.05, 4.69) is 5.32 Å². The van der Waals surface area contributed by atoms with E-state index in [4.69, 9.17) is 0 Å². The molecule has 5 heteroatoms. The molecule has 0 unspecified atom stereocenters. The molecule has 0 bridgehead atoms. The van der Waals surface area contributed by atoms with E-state index in [1.165, 1.54) is 29.0 Å². The molecule has 3 aromatic rings. The monoisotopic (exact) mass is 310 g/mol. The van der Waals surface area contributed by atoms with Gasteiger partial charge in [-0.25, -0.2) is 4.39 Å². The molecule has 0 saturated heterocycles. The molecule has 4 nitrogen and oxygen atoms in total. The zero-order valence-electron chi connectivity index (χ0n) is 12.3. The van der Waals surface area contributed by atoms with E-state index >= 15 is 0 Å². The van der Waals surface area contributed by atoms with Gasteiger partial charge in [0.1, 0.15) is 12.4 Å². The molecule has 0 spiro atoms. The Hall–Kier alpha value is -2.95. The molecule has 0 saturated carbocycles. The molecule has 1 heterocycles. The lowest BCUT2D eigenvalue weighted by Gasteiger charge is -2.11.